The van der Waals surface area contributed by atoms with Crippen molar-refractivity contribution in [3.63, 3.8) is 0 Å². The molecule has 5 rings (SSSR count). The van der Waals surface area contributed by atoms with Crippen LogP contribution in [0.5, 0.6) is 23.0 Å². The molecular formula is C27H26FN4O4P. The molecule has 1 aliphatic carbocycles. The molecule has 1 saturated carbocycles. The number of aromatic nitrogens is 2. The average Bonchev–Trinajstić information content (AvgIpc) is 3.69. The summed E-state index contributed by atoms with van der Waals surface area (Å²) >= 11 is 0. The first-order valence-electron chi connectivity index (χ1n) is 11.8. The molecule has 0 saturated heterocycles. The largest absolute Gasteiger partial charge is 0.492 e. The van der Waals surface area contributed by atoms with Gasteiger partial charge in [0.05, 0.1) is 17.2 Å². The highest BCUT2D eigenvalue weighted by Crippen LogP contribution is 2.33. The third-order valence-corrected chi connectivity index (χ3v) is 6.00. The van der Waals surface area contributed by atoms with E-state index in [2.05, 4.69) is 24.5 Å². The summed E-state index contributed by atoms with van der Waals surface area (Å²) in [4.78, 5) is 21.3. The summed E-state index contributed by atoms with van der Waals surface area (Å²) in [5, 5.41) is 3.84. The van der Waals surface area contributed by atoms with Crippen LogP contribution in [0.15, 0.2) is 61.1 Å². The maximum atomic E-state index is 15.2. The molecular weight excluding hydrogens is 494 g/mol. The number of anilines is 1. The van der Waals surface area contributed by atoms with Crippen LogP contribution in [0.25, 0.3) is 10.9 Å². The Morgan fingerprint density at radius 3 is 2.76 bits per heavy atom. The number of pyridine rings is 2. The second-order valence-electron chi connectivity index (χ2n) is 8.90. The smallest absolute Gasteiger partial charge is 0.261 e. The SMILES string of the molecule is C[C@H](N)COc1ccc2c(Oc3c(F)cc(NC(=O)c4cnccc4OC4CC4)cc3P)ccnc2c1. The zero-order valence-electron chi connectivity index (χ0n) is 20.1. The van der Waals surface area contributed by atoms with E-state index >= 15 is 4.39 Å². The molecule has 1 amide bonds. The normalized spacial score (nSPS) is 13.7. The van der Waals surface area contributed by atoms with E-state index in [4.69, 9.17) is 19.9 Å². The van der Waals surface area contributed by atoms with Gasteiger partial charge in [0.25, 0.3) is 5.91 Å². The van der Waals surface area contributed by atoms with Gasteiger partial charge in [-0.05, 0) is 50.1 Å². The lowest BCUT2D eigenvalue weighted by Crippen LogP contribution is -2.23. The number of benzene rings is 2. The minimum Gasteiger partial charge on any atom is -0.492 e. The molecule has 0 bridgehead atoms. The molecule has 2 aromatic heterocycles. The molecule has 1 fully saturated rings. The molecule has 8 nitrogen and oxygen atoms in total. The van der Waals surface area contributed by atoms with Gasteiger partial charge in [-0.3, -0.25) is 14.8 Å². The Bertz CT molecular complexity index is 1440. The second kappa shape index (κ2) is 10.7. The van der Waals surface area contributed by atoms with Crippen molar-refractivity contribution in [3.05, 3.63) is 72.4 Å². The van der Waals surface area contributed by atoms with Crippen molar-refractivity contribution in [2.45, 2.75) is 31.9 Å². The van der Waals surface area contributed by atoms with E-state index < -0.39 is 11.7 Å². The first-order valence-corrected chi connectivity index (χ1v) is 12.4. The highest BCUT2D eigenvalue weighted by molar-refractivity contribution is 7.27. The molecule has 3 N–H and O–H groups in total. The Kier molecular flexibility index (Phi) is 7.17. The summed E-state index contributed by atoms with van der Waals surface area (Å²) in [7, 11) is 2.45. The van der Waals surface area contributed by atoms with Crippen molar-refractivity contribution < 1.29 is 23.4 Å². The molecule has 0 spiro atoms. The number of halogens is 1. The molecule has 2 heterocycles. The van der Waals surface area contributed by atoms with Crippen LogP contribution in [0.1, 0.15) is 30.1 Å². The number of rotatable bonds is 9. The van der Waals surface area contributed by atoms with Gasteiger partial charge in [0.1, 0.15) is 23.9 Å². The summed E-state index contributed by atoms with van der Waals surface area (Å²) in [5.74, 6) is 0.463. The quantitative estimate of drug-likeness (QED) is 0.311. The van der Waals surface area contributed by atoms with E-state index in [9.17, 15) is 4.79 Å². The summed E-state index contributed by atoms with van der Waals surface area (Å²) in [5.41, 5.74) is 6.95. The van der Waals surface area contributed by atoms with E-state index in [1.807, 2.05) is 6.92 Å². The fourth-order valence-corrected chi connectivity index (χ4v) is 4.01. The van der Waals surface area contributed by atoms with Crippen molar-refractivity contribution in [1.29, 1.82) is 0 Å². The summed E-state index contributed by atoms with van der Waals surface area (Å²) in [6, 6.07) is 11.4. The lowest BCUT2D eigenvalue weighted by atomic mass is 10.2. The van der Waals surface area contributed by atoms with E-state index in [-0.39, 0.29) is 29.1 Å². The molecule has 2 aromatic carbocycles. The number of hydrogen-bond acceptors (Lipinski definition) is 7. The van der Waals surface area contributed by atoms with Crippen LogP contribution < -0.4 is 30.6 Å². The number of nitrogens with zero attached hydrogens (tertiary/aromatic N) is 2. The van der Waals surface area contributed by atoms with Crippen LogP contribution in [-0.4, -0.2) is 34.6 Å². The predicted octanol–water partition coefficient (Wildman–Crippen LogP) is 4.58. The van der Waals surface area contributed by atoms with Gasteiger partial charge in [0.15, 0.2) is 11.6 Å². The minimum absolute atomic E-state index is 0.0203. The van der Waals surface area contributed by atoms with Gasteiger partial charge in [-0.2, -0.15) is 0 Å². The van der Waals surface area contributed by atoms with Crippen LogP contribution in [0.4, 0.5) is 10.1 Å². The van der Waals surface area contributed by atoms with Gasteiger partial charge >= 0.3 is 0 Å². The number of fused-ring (bicyclic) bond motifs is 1. The number of hydrogen-bond donors (Lipinski definition) is 2. The van der Waals surface area contributed by atoms with Gasteiger partial charge in [-0.15, -0.1) is 9.24 Å². The van der Waals surface area contributed by atoms with Crippen LogP contribution in [0.3, 0.4) is 0 Å². The van der Waals surface area contributed by atoms with E-state index in [1.165, 1.54) is 12.3 Å². The Morgan fingerprint density at radius 2 is 2.00 bits per heavy atom. The van der Waals surface area contributed by atoms with E-state index in [1.54, 1.807) is 48.8 Å². The summed E-state index contributed by atoms with van der Waals surface area (Å²) in [6.07, 6.45) is 6.63. The van der Waals surface area contributed by atoms with Crippen molar-refractivity contribution in [2.24, 2.45) is 5.73 Å². The number of nitrogens with one attached hydrogen (secondary N) is 1. The van der Waals surface area contributed by atoms with Crippen LogP contribution >= 0.6 is 9.24 Å². The molecule has 1 unspecified atom stereocenters. The Labute approximate surface area is 215 Å². The topological polar surface area (TPSA) is 109 Å². The monoisotopic (exact) mass is 520 g/mol. The third-order valence-electron chi connectivity index (χ3n) is 5.57. The van der Waals surface area contributed by atoms with Crippen LogP contribution in [0.2, 0.25) is 0 Å². The van der Waals surface area contributed by atoms with Gasteiger partial charge in [0, 0.05) is 53.1 Å². The molecule has 37 heavy (non-hydrogen) atoms. The third kappa shape index (κ3) is 5.96. The van der Waals surface area contributed by atoms with Crippen LogP contribution in [0, 0.1) is 5.82 Å². The molecule has 0 aliphatic heterocycles. The van der Waals surface area contributed by atoms with Gasteiger partial charge < -0.3 is 25.3 Å². The lowest BCUT2D eigenvalue weighted by Gasteiger charge is -2.15. The second-order valence-corrected chi connectivity index (χ2v) is 9.52. The highest BCUT2D eigenvalue weighted by Gasteiger charge is 2.26. The fourth-order valence-electron chi connectivity index (χ4n) is 3.63. The number of nitrogens with two attached hydrogens (primary N) is 1. The maximum Gasteiger partial charge on any atom is 0.261 e. The zero-order valence-corrected chi connectivity index (χ0v) is 21.3. The zero-order chi connectivity index (χ0) is 25.9. The first-order chi connectivity index (χ1) is 17.9. The number of amides is 1. The molecule has 0 radical (unpaired) electrons. The number of carbonyl (C=O) groups is 1. The van der Waals surface area contributed by atoms with Gasteiger partial charge in [-0.25, -0.2) is 4.39 Å². The summed E-state index contributed by atoms with van der Waals surface area (Å²) < 4.78 is 32.6. The van der Waals surface area contributed by atoms with E-state index in [0.29, 0.717) is 40.1 Å². The molecule has 4 aromatic rings. The molecule has 190 valence electrons. The van der Waals surface area contributed by atoms with Gasteiger partial charge in [0.2, 0.25) is 0 Å². The standard InChI is InChI=1S/C27H26FN4O4P/c1-15(29)14-34-18-4-5-19-22(12-18)31-9-7-23(19)36-26-21(28)10-16(11-25(26)37)32-27(33)20-13-30-8-6-24(20)35-17-2-3-17/h4-13,15,17H,2-3,14,29,37H2,1H3,(H,32,33)/t15-/m0/s1. The highest BCUT2D eigenvalue weighted by atomic mass is 31.0. The average molecular weight is 521 g/mol. The predicted molar refractivity (Wildman–Crippen MR) is 143 cm³/mol. The number of ether oxygens (including phenoxy) is 3. The Hall–Kier alpha value is -3.81. The van der Waals surface area contributed by atoms with Crippen molar-refractivity contribution >= 4 is 37.0 Å². The molecule has 1 aliphatic rings. The van der Waals surface area contributed by atoms with Crippen LogP contribution in [-0.2, 0) is 0 Å². The summed E-state index contributed by atoms with van der Waals surface area (Å²) in [6.45, 7) is 2.23. The minimum atomic E-state index is -0.634. The fraction of sp³-hybridized carbons (Fsp3) is 0.222. The van der Waals surface area contributed by atoms with Crippen molar-refractivity contribution in [1.82, 2.24) is 9.97 Å². The van der Waals surface area contributed by atoms with Crippen molar-refractivity contribution in [2.75, 3.05) is 11.9 Å². The lowest BCUT2D eigenvalue weighted by molar-refractivity contribution is 0.102. The molecule has 10 heteroatoms. The van der Waals surface area contributed by atoms with Gasteiger partial charge in [-0.1, -0.05) is 0 Å². The Morgan fingerprint density at radius 1 is 1.19 bits per heavy atom. The first kappa shape index (κ1) is 24.9. The number of carbonyl (C=O) groups excluding carboxylic acids is 1. The van der Waals surface area contributed by atoms with Crippen molar-refractivity contribution in [3.8, 4) is 23.0 Å². The maximum absolute atomic E-state index is 15.2. The van der Waals surface area contributed by atoms with E-state index in [0.717, 1.165) is 12.8 Å². The molecule has 2 atom stereocenters. The Balaban J connectivity index is 1.35.